The molecule has 0 aliphatic rings. The second-order valence-electron chi connectivity index (χ2n) is 20.0. The summed E-state index contributed by atoms with van der Waals surface area (Å²) >= 11 is 0. The monoisotopic (exact) mass is 877 g/mol. The molecular weight excluding hydrogens is 803 g/mol. The van der Waals surface area contributed by atoms with Crippen molar-refractivity contribution in [3.8, 4) is 78.6 Å². The molecule has 66 heavy (non-hydrogen) atoms. The van der Waals surface area contributed by atoms with Crippen LogP contribution in [0.25, 0.3) is 83.9 Å². The molecule has 9 aromatic rings. The molecular formula is C62H61N3O. The van der Waals surface area contributed by atoms with Crippen LogP contribution in [-0.4, -0.2) is 19.6 Å². The molecule has 1 N–H and O–H groups in total. The molecule has 0 saturated heterocycles. The van der Waals surface area contributed by atoms with E-state index in [2.05, 4.69) is 46.5 Å². The van der Waals surface area contributed by atoms with Gasteiger partial charge in [0.05, 0.1) is 37.6 Å². The maximum absolute atomic E-state index is 12.0. The van der Waals surface area contributed by atoms with Gasteiger partial charge in [-0.15, -0.1) is 0 Å². The highest BCUT2D eigenvalue weighted by molar-refractivity contribution is 5.98. The van der Waals surface area contributed by atoms with E-state index in [9.17, 15) is 6.48 Å². The zero-order valence-electron chi connectivity index (χ0n) is 51.8. The number of aromatic nitrogens is 3. The lowest BCUT2D eigenvalue weighted by Crippen LogP contribution is -2.11. The van der Waals surface area contributed by atoms with E-state index < -0.39 is 78.2 Å². The van der Waals surface area contributed by atoms with Gasteiger partial charge >= 0.3 is 0 Å². The Labute approximate surface area is 410 Å². The molecule has 0 bridgehead atoms. The van der Waals surface area contributed by atoms with Gasteiger partial charge in [-0.1, -0.05) is 171 Å². The van der Waals surface area contributed by atoms with E-state index in [0.29, 0.717) is 55.9 Å². The quantitative estimate of drug-likeness (QED) is 0.174. The zero-order chi connectivity index (χ0) is 57.8. The Morgan fingerprint density at radius 3 is 1.88 bits per heavy atom. The van der Waals surface area contributed by atoms with Gasteiger partial charge in [-0.25, -0.2) is 4.98 Å². The third-order valence-corrected chi connectivity index (χ3v) is 12.2. The third kappa shape index (κ3) is 8.61. The standard InChI is InChI=1S/C62H61N3O/c1-39-20-22-41(23-21-39)44-30-31-63-54(36-44)46-33-45(34-49(35-46)62(9,10)11)50-18-15-19-55-58(50)64-59(53-37-48(61(6,7)8)28-29-57(53)66)65(55)56-32-40(2)51(38-52(56)42-16-13-12-14-17-42)43-24-26-47(27-25-43)60(3,4)5/h12-38,66H,1-11H3/i1D3,2D3,20D,21D,22D,23D,30D,31D,36D. The Morgan fingerprint density at radius 2 is 1.20 bits per heavy atom. The number of hydrogen-bond donors (Lipinski definition) is 1. The van der Waals surface area contributed by atoms with Gasteiger partial charge in [0.25, 0.3) is 0 Å². The summed E-state index contributed by atoms with van der Waals surface area (Å²) in [6, 6.07) is 33.6. The van der Waals surface area contributed by atoms with Crippen molar-refractivity contribution < 1.29 is 22.9 Å². The van der Waals surface area contributed by atoms with E-state index in [0.717, 1.165) is 27.8 Å². The largest absolute Gasteiger partial charge is 0.507 e. The van der Waals surface area contributed by atoms with Crippen LogP contribution in [0.2, 0.25) is 0 Å². The number of phenols is 1. The molecule has 0 saturated carbocycles. The first-order valence-electron chi connectivity index (χ1n) is 28.6. The Balaban J connectivity index is 1.37. The molecule has 0 atom stereocenters. The predicted octanol–water partition coefficient (Wildman–Crippen LogP) is 16.6. The van der Waals surface area contributed by atoms with Crippen molar-refractivity contribution in [1.82, 2.24) is 14.5 Å². The Kier molecular flexibility index (Phi) is 7.86. The van der Waals surface area contributed by atoms with Crippen LogP contribution < -0.4 is 0 Å². The number of imidazole rings is 1. The molecule has 7 aromatic carbocycles. The average Bonchev–Trinajstić information content (AvgIpc) is 3.99. The summed E-state index contributed by atoms with van der Waals surface area (Å²) in [6.45, 7) is 13.0. The van der Waals surface area contributed by atoms with Gasteiger partial charge in [-0.05, 0) is 140 Å². The van der Waals surface area contributed by atoms with E-state index in [1.165, 1.54) is 0 Å². The van der Waals surface area contributed by atoms with Crippen molar-refractivity contribution >= 4 is 11.0 Å². The number of pyridine rings is 1. The van der Waals surface area contributed by atoms with Crippen LogP contribution in [0.1, 0.15) is 108 Å². The van der Waals surface area contributed by atoms with Crippen molar-refractivity contribution in [2.45, 2.75) is 92.3 Å². The fourth-order valence-electron chi connectivity index (χ4n) is 8.32. The number of rotatable bonds is 7. The minimum absolute atomic E-state index is 0.0559. The summed E-state index contributed by atoms with van der Waals surface area (Å²) in [6.07, 6.45) is -0.609. The van der Waals surface area contributed by atoms with E-state index >= 15 is 0 Å². The topological polar surface area (TPSA) is 50.9 Å². The number of nitrogens with zero attached hydrogens (tertiary/aromatic N) is 3. The summed E-state index contributed by atoms with van der Waals surface area (Å²) in [5.41, 5.74) is 6.21. The number of fused-ring (bicyclic) bond motifs is 1. The molecule has 2 aromatic heterocycles. The maximum atomic E-state index is 12.0. The second kappa shape index (κ2) is 16.7. The molecule has 330 valence electrons. The zero-order valence-corrected chi connectivity index (χ0v) is 38.8. The smallest absolute Gasteiger partial charge is 0.149 e. The van der Waals surface area contributed by atoms with Crippen LogP contribution in [0, 0.1) is 13.7 Å². The van der Waals surface area contributed by atoms with Crippen molar-refractivity contribution in [1.29, 1.82) is 0 Å². The second-order valence-corrected chi connectivity index (χ2v) is 20.0. The SMILES string of the molecule is [2H]c1nc(-c2cc(-c3cccc4c3nc(-c3cc(C(C)(C)C)ccc3O)n4-c3cc(C([2H])([2H])[2H])c(-c4ccc(C(C)(C)C)cc4)cc3-c3ccccc3)cc(C(C)(C)C)c2)c([2H])c(-c2c([2H])c([2H])c(C([2H])([2H])[2H])c([2H])c2[2H])c1[2H]. The number of para-hydroxylation sites is 1. The van der Waals surface area contributed by atoms with Gasteiger partial charge in [0.2, 0.25) is 0 Å². The molecule has 4 heteroatoms. The van der Waals surface area contributed by atoms with Gasteiger partial charge in [0.15, 0.2) is 0 Å². The van der Waals surface area contributed by atoms with Crippen molar-refractivity contribution in [3.63, 3.8) is 0 Å². The Bertz CT molecular complexity index is 3870. The molecule has 0 unspecified atom stereocenters. The summed E-state index contributed by atoms with van der Waals surface area (Å²) in [5.74, 6) is 0.267. The van der Waals surface area contributed by atoms with Crippen LogP contribution in [0.15, 0.2) is 164 Å². The first-order chi connectivity index (χ1) is 36.7. The van der Waals surface area contributed by atoms with Crippen molar-refractivity contribution in [2.75, 3.05) is 0 Å². The molecule has 0 aliphatic heterocycles. The predicted molar refractivity (Wildman–Crippen MR) is 279 cm³/mol. The lowest BCUT2D eigenvalue weighted by molar-refractivity contribution is 0.475. The maximum Gasteiger partial charge on any atom is 0.149 e. The normalized spacial score (nSPS) is 15.4. The highest BCUT2D eigenvalue weighted by Crippen LogP contribution is 2.44. The lowest BCUT2D eigenvalue weighted by atomic mass is 9.83. The Hall–Kier alpha value is -7.04. The van der Waals surface area contributed by atoms with Crippen molar-refractivity contribution in [2.24, 2.45) is 0 Å². The first kappa shape index (κ1) is 31.0. The molecule has 0 amide bonds. The number of aromatic hydroxyl groups is 1. The van der Waals surface area contributed by atoms with Crippen LogP contribution in [0.5, 0.6) is 5.75 Å². The summed E-state index contributed by atoms with van der Waals surface area (Å²) in [7, 11) is 0. The third-order valence-electron chi connectivity index (χ3n) is 12.2. The molecule has 4 nitrogen and oxygen atoms in total. The molecule has 9 rings (SSSR count). The lowest BCUT2D eigenvalue weighted by Gasteiger charge is -2.22. The minimum atomic E-state index is -3.00. The van der Waals surface area contributed by atoms with Gasteiger partial charge in [-0.3, -0.25) is 9.55 Å². The summed E-state index contributed by atoms with van der Waals surface area (Å²) < 4.78 is 116. The van der Waals surface area contributed by atoms with E-state index in [1.54, 1.807) is 18.2 Å². The van der Waals surface area contributed by atoms with Crippen LogP contribution in [0.3, 0.4) is 0 Å². The fraction of sp³-hybridized carbons (Fsp3) is 0.226. The highest BCUT2D eigenvalue weighted by atomic mass is 16.3. The number of aryl methyl sites for hydroxylation is 1. The molecule has 0 radical (unpaired) electrons. The Morgan fingerprint density at radius 1 is 0.515 bits per heavy atom. The number of phenolic OH excluding ortho intramolecular Hbond substituents is 1. The van der Waals surface area contributed by atoms with Crippen LogP contribution in [-0.2, 0) is 16.2 Å². The van der Waals surface area contributed by atoms with E-state index in [1.807, 2.05) is 128 Å². The van der Waals surface area contributed by atoms with Gasteiger partial charge in [-0.2, -0.15) is 0 Å². The minimum Gasteiger partial charge on any atom is -0.507 e. The van der Waals surface area contributed by atoms with Crippen LogP contribution in [0.4, 0.5) is 0 Å². The number of benzene rings is 7. The van der Waals surface area contributed by atoms with Crippen LogP contribution >= 0.6 is 0 Å². The molecule has 0 spiro atoms. The van der Waals surface area contributed by atoms with Crippen molar-refractivity contribution in [3.05, 3.63) is 192 Å². The molecule has 0 fully saturated rings. The van der Waals surface area contributed by atoms with Gasteiger partial charge in [0.1, 0.15) is 11.6 Å². The molecule has 2 heterocycles. The highest BCUT2D eigenvalue weighted by Gasteiger charge is 2.26. The van der Waals surface area contributed by atoms with Gasteiger partial charge < -0.3 is 5.11 Å². The first-order valence-corrected chi connectivity index (χ1v) is 22.1. The van der Waals surface area contributed by atoms with E-state index in [4.69, 9.17) is 21.4 Å². The fourth-order valence-corrected chi connectivity index (χ4v) is 8.32. The molecule has 0 aliphatic carbocycles. The summed E-state index contributed by atoms with van der Waals surface area (Å²) in [4.78, 5) is 9.90. The summed E-state index contributed by atoms with van der Waals surface area (Å²) in [5, 5.41) is 12.0. The van der Waals surface area contributed by atoms with Gasteiger partial charge in [0, 0.05) is 31.1 Å². The average molecular weight is 877 g/mol. The number of hydrogen-bond acceptors (Lipinski definition) is 3. The van der Waals surface area contributed by atoms with E-state index in [-0.39, 0.29) is 27.8 Å².